The highest BCUT2D eigenvalue weighted by Crippen LogP contribution is 2.27. The molecule has 7 heteroatoms. The van der Waals surface area contributed by atoms with Crippen LogP contribution >= 0.6 is 24.0 Å². The van der Waals surface area contributed by atoms with Crippen LogP contribution in [0.15, 0.2) is 41.3 Å². The molecule has 0 saturated carbocycles. The molecule has 4 N–H and O–H groups in total. The second-order valence-corrected chi connectivity index (χ2v) is 5.85. The van der Waals surface area contributed by atoms with Gasteiger partial charge in [-0.2, -0.15) is 0 Å². The van der Waals surface area contributed by atoms with Crippen LogP contribution in [0.2, 0.25) is 0 Å². The molecule has 2 aromatic carbocycles. The van der Waals surface area contributed by atoms with Gasteiger partial charge in [-0.25, -0.2) is 4.98 Å². The number of nitrogen functional groups attached to an aromatic ring is 2. The van der Waals surface area contributed by atoms with E-state index in [1.807, 2.05) is 18.2 Å². The Bertz CT molecular complexity index is 775. The maximum absolute atomic E-state index is 5.55. The van der Waals surface area contributed by atoms with Gasteiger partial charge in [0, 0.05) is 10.6 Å². The molecule has 0 aliphatic rings. The number of hydrogen-bond acceptors (Lipinski definition) is 7. The summed E-state index contributed by atoms with van der Waals surface area (Å²) in [7, 11) is 3.25. The van der Waals surface area contributed by atoms with Gasteiger partial charge in [0.1, 0.15) is 11.5 Å². The third kappa shape index (κ3) is 3.96. The minimum Gasteiger partial charge on any atom is -0.497 e. The van der Waals surface area contributed by atoms with Crippen LogP contribution in [0, 0.1) is 0 Å². The van der Waals surface area contributed by atoms with Crippen LogP contribution in [0.1, 0.15) is 0 Å². The van der Waals surface area contributed by atoms with Crippen molar-refractivity contribution in [3.05, 3.63) is 36.4 Å². The lowest BCUT2D eigenvalue weighted by molar-refractivity contribution is 0.414. The zero-order valence-electron chi connectivity index (χ0n) is 12.2. The number of hydrogen-bond donors (Lipinski definition) is 3. The molecule has 0 bridgehead atoms. The summed E-state index contributed by atoms with van der Waals surface area (Å²) in [6.45, 7) is 0. The summed E-state index contributed by atoms with van der Waals surface area (Å²) < 4.78 is 11.1. The fraction of sp³-hybridized carbons (Fsp3) is 0.133. The number of thiol groups is 1. The molecule has 0 spiro atoms. The second-order valence-electron chi connectivity index (χ2n) is 4.31. The van der Waals surface area contributed by atoms with E-state index in [9.17, 15) is 0 Å². The first-order valence-corrected chi connectivity index (χ1v) is 7.62. The number of thiazole rings is 1. The van der Waals surface area contributed by atoms with E-state index in [0.29, 0.717) is 10.8 Å². The van der Waals surface area contributed by atoms with Crippen molar-refractivity contribution in [3.63, 3.8) is 0 Å². The summed E-state index contributed by atoms with van der Waals surface area (Å²) in [6, 6.07) is 11.1. The van der Waals surface area contributed by atoms with Gasteiger partial charge >= 0.3 is 0 Å². The zero-order valence-corrected chi connectivity index (χ0v) is 13.9. The molecular formula is C15H17N3O2S2. The molecule has 1 aromatic heterocycles. The lowest BCUT2D eigenvalue weighted by Crippen LogP contribution is -1.88. The molecule has 0 amide bonds. The van der Waals surface area contributed by atoms with Gasteiger partial charge in [0.05, 0.1) is 24.4 Å². The lowest BCUT2D eigenvalue weighted by Gasteiger charge is -2.01. The second kappa shape index (κ2) is 7.24. The van der Waals surface area contributed by atoms with Crippen LogP contribution in [-0.4, -0.2) is 19.2 Å². The van der Waals surface area contributed by atoms with Crippen molar-refractivity contribution in [1.82, 2.24) is 4.98 Å². The number of nitrogens with zero attached hydrogens (tertiary/aromatic N) is 1. The van der Waals surface area contributed by atoms with Gasteiger partial charge in [-0.15, -0.1) is 12.6 Å². The fourth-order valence-corrected chi connectivity index (χ4v) is 2.66. The minimum absolute atomic E-state index is 0.596. The summed E-state index contributed by atoms with van der Waals surface area (Å²) in [4.78, 5) is 4.88. The average Bonchev–Trinajstić information content (AvgIpc) is 2.89. The number of anilines is 2. The van der Waals surface area contributed by atoms with Gasteiger partial charge in [-0.05, 0) is 36.4 Å². The molecule has 3 rings (SSSR count). The van der Waals surface area contributed by atoms with E-state index in [-0.39, 0.29) is 0 Å². The van der Waals surface area contributed by atoms with E-state index in [0.717, 1.165) is 26.6 Å². The normalized spacial score (nSPS) is 9.95. The van der Waals surface area contributed by atoms with Gasteiger partial charge in [0.15, 0.2) is 5.13 Å². The Morgan fingerprint density at radius 1 is 1.00 bits per heavy atom. The van der Waals surface area contributed by atoms with Crippen molar-refractivity contribution in [3.8, 4) is 11.5 Å². The Balaban J connectivity index is 0.000000164. The topological polar surface area (TPSA) is 83.4 Å². The molecule has 3 aromatic rings. The largest absolute Gasteiger partial charge is 0.497 e. The molecule has 0 aliphatic heterocycles. The zero-order chi connectivity index (χ0) is 16.1. The summed E-state index contributed by atoms with van der Waals surface area (Å²) >= 11 is 5.58. The number of aromatic nitrogens is 1. The average molecular weight is 335 g/mol. The number of fused-ring (bicyclic) bond motifs is 1. The van der Waals surface area contributed by atoms with Crippen LogP contribution in [0.25, 0.3) is 10.2 Å². The van der Waals surface area contributed by atoms with E-state index in [2.05, 4.69) is 17.6 Å². The molecule has 1 heterocycles. The molecule has 0 aliphatic carbocycles. The molecular weight excluding hydrogens is 318 g/mol. The van der Waals surface area contributed by atoms with Crippen LogP contribution in [-0.2, 0) is 0 Å². The SMILES string of the molecule is COc1ccc(N)c(S)c1.COc1ccc2nc(N)sc2c1. The van der Waals surface area contributed by atoms with Gasteiger partial charge in [0.25, 0.3) is 0 Å². The van der Waals surface area contributed by atoms with Gasteiger partial charge < -0.3 is 20.9 Å². The Morgan fingerprint density at radius 3 is 2.27 bits per heavy atom. The summed E-state index contributed by atoms with van der Waals surface area (Å²) in [6.07, 6.45) is 0. The van der Waals surface area contributed by atoms with E-state index in [1.54, 1.807) is 32.4 Å². The van der Waals surface area contributed by atoms with Crippen molar-refractivity contribution >= 4 is 45.0 Å². The molecule has 22 heavy (non-hydrogen) atoms. The Morgan fingerprint density at radius 2 is 1.64 bits per heavy atom. The first-order valence-electron chi connectivity index (χ1n) is 6.36. The first kappa shape index (κ1) is 16.3. The maximum atomic E-state index is 5.55. The third-order valence-electron chi connectivity index (χ3n) is 2.85. The molecule has 0 fully saturated rings. The smallest absolute Gasteiger partial charge is 0.181 e. The quantitative estimate of drug-likeness (QED) is 0.493. The minimum atomic E-state index is 0.596. The molecule has 0 saturated heterocycles. The number of benzene rings is 2. The van der Waals surface area contributed by atoms with Crippen LogP contribution in [0.3, 0.4) is 0 Å². The number of nitrogens with two attached hydrogens (primary N) is 2. The number of methoxy groups -OCH3 is 2. The van der Waals surface area contributed by atoms with Crippen LogP contribution in [0.4, 0.5) is 10.8 Å². The summed E-state index contributed by atoms with van der Waals surface area (Å²) in [5.41, 5.74) is 12.7. The molecule has 5 nitrogen and oxygen atoms in total. The number of rotatable bonds is 2. The van der Waals surface area contributed by atoms with Crippen molar-refractivity contribution < 1.29 is 9.47 Å². The molecule has 116 valence electrons. The Hall–Kier alpha value is -2.12. The standard InChI is InChI=1S/C8H8N2OS.C7H9NOS/c1-11-5-2-3-6-7(4-5)12-8(9)10-6;1-9-5-2-3-6(8)7(10)4-5/h2-4H,1H3,(H2,9,10);2-4,10H,8H2,1H3. The Kier molecular flexibility index (Phi) is 5.35. The van der Waals surface area contributed by atoms with Gasteiger partial charge in [-0.3, -0.25) is 0 Å². The maximum Gasteiger partial charge on any atom is 0.181 e. The molecule has 0 radical (unpaired) electrons. The van der Waals surface area contributed by atoms with Crippen molar-refractivity contribution in [2.24, 2.45) is 0 Å². The lowest BCUT2D eigenvalue weighted by atomic mass is 10.3. The van der Waals surface area contributed by atoms with Crippen molar-refractivity contribution in [2.45, 2.75) is 4.90 Å². The highest BCUT2D eigenvalue weighted by molar-refractivity contribution is 7.80. The van der Waals surface area contributed by atoms with E-state index >= 15 is 0 Å². The molecule has 0 unspecified atom stereocenters. The third-order valence-corrected chi connectivity index (χ3v) is 4.08. The van der Waals surface area contributed by atoms with Crippen LogP contribution < -0.4 is 20.9 Å². The predicted molar refractivity (Wildman–Crippen MR) is 95.2 cm³/mol. The van der Waals surface area contributed by atoms with Crippen LogP contribution in [0.5, 0.6) is 11.5 Å². The van der Waals surface area contributed by atoms with Crippen molar-refractivity contribution in [1.29, 1.82) is 0 Å². The fourth-order valence-electron chi connectivity index (χ4n) is 1.70. The summed E-state index contributed by atoms with van der Waals surface area (Å²) in [5.74, 6) is 1.62. The Labute approximate surface area is 138 Å². The van der Waals surface area contributed by atoms with Crippen molar-refractivity contribution in [2.75, 3.05) is 25.7 Å². The highest BCUT2D eigenvalue weighted by Gasteiger charge is 2.01. The highest BCUT2D eigenvalue weighted by atomic mass is 32.1. The van der Waals surface area contributed by atoms with E-state index in [1.165, 1.54) is 11.3 Å². The van der Waals surface area contributed by atoms with Gasteiger partial charge in [-0.1, -0.05) is 11.3 Å². The van der Waals surface area contributed by atoms with Gasteiger partial charge in [0.2, 0.25) is 0 Å². The van der Waals surface area contributed by atoms with E-state index in [4.69, 9.17) is 20.9 Å². The first-order chi connectivity index (χ1) is 10.5. The van der Waals surface area contributed by atoms with E-state index < -0.39 is 0 Å². The summed E-state index contributed by atoms with van der Waals surface area (Å²) in [5, 5.41) is 0.596. The number of ether oxygens (including phenoxy) is 2. The monoisotopic (exact) mass is 335 g/mol. The predicted octanol–water partition coefficient (Wildman–Crippen LogP) is 3.45. The molecule has 0 atom stereocenters.